The van der Waals surface area contributed by atoms with Gasteiger partial charge in [0.15, 0.2) is 0 Å². The van der Waals surface area contributed by atoms with Gasteiger partial charge in [-0.05, 0) is 47.4 Å². The lowest BCUT2D eigenvalue weighted by Gasteiger charge is -2.25. The van der Waals surface area contributed by atoms with Crippen LogP contribution in [-0.4, -0.2) is 24.8 Å². The lowest BCUT2D eigenvalue weighted by atomic mass is 9.99. The first-order valence-corrected chi connectivity index (χ1v) is 7.37. The SMILES string of the molecule is CC(C)C(c1nc(C(=O)O)ccc1C1CC1)S(=O)[O-]. The van der Waals surface area contributed by atoms with Gasteiger partial charge in [-0.15, -0.1) is 0 Å². The molecule has 2 atom stereocenters. The number of carboxylic acids is 1. The predicted molar refractivity (Wildman–Crippen MR) is 69.7 cm³/mol. The van der Waals surface area contributed by atoms with Gasteiger partial charge < -0.3 is 9.66 Å². The molecular weight excluding hydrogens is 266 g/mol. The summed E-state index contributed by atoms with van der Waals surface area (Å²) in [5.74, 6) is -0.953. The summed E-state index contributed by atoms with van der Waals surface area (Å²) in [7, 11) is 0. The maximum absolute atomic E-state index is 11.4. The number of rotatable bonds is 5. The number of carbonyl (C=O) groups is 1. The largest absolute Gasteiger partial charge is 0.772 e. The van der Waals surface area contributed by atoms with Crippen LogP contribution in [0.1, 0.15) is 59.6 Å². The lowest BCUT2D eigenvalue weighted by Crippen LogP contribution is -2.18. The molecule has 5 nitrogen and oxygen atoms in total. The zero-order chi connectivity index (χ0) is 14.2. The third-order valence-electron chi connectivity index (χ3n) is 3.28. The molecule has 1 aliphatic carbocycles. The van der Waals surface area contributed by atoms with Crippen LogP contribution in [0, 0.1) is 5.92 Å². The fraction of sp³-hybridized carbons (Fsp3) is 0.538. The normalized spacial score (nSPS) is 18.3. The number of hydrogen-bond acceptors (Lipinski definition) is 4. The summed E-state index contributed by atoms with van der Waals surface area (Å²) in [6.07, 6.45) is 2.02. The fourth-order valence-electron chi connectivity index (χ4n) is 2.20. The van der Waals surface area contributed by atoms with Crippen LogP contribution in [0.5, 0.6) is 0 Å². The van der Waals surface area contributed by atoms with Crippen LogP contribution in [0.4, 0.5) is 0 Å². The summed E-state index contributed by atoms with van der Waals surface area (Å²) in [4.78, 5) is 15.1. The average molecular weight is 282 g/mol. The van der Waals surface area contributed by atoms with Crippen LogP contribution < -0.4 is 0 Å². The molecule has 1 N–H and O–H groups in total. The van der Waals surface area contributed by atoms with E-state index in [0.717, 1.165) is 18.4 Å². The van der Waals surface area contributed by atoms with Crippen molar-refractivity contribution in [3.8, 4) is 0 Å². The molecule has 2 rings (SSSR count). The van der Waals surface area contributed by atoms with E-state index in [9.17, 15) is 13.6 Å². The summed E-state index contributed by atoms with van der Waals surface area (Å²) in [6.45, 7) is 3.60. The Morgan fingerprint density at radius 2 is 2.11 bits per heavy atom. The first-order chi connectivity index (χ1) is 8.91. The number of nitrogens with zero attached hydrogens (tertiary/aromatic N) is 1. The highest BCUT2D eigenvalue weighted by Crippen LogP contribution is 2.44. The van der Waals surface area contributed by atoms with Crippen molar-refractivity contribution in [2.24, 2.45) is 5.92 Å². The van der Waals surface area contributed by atoms with E-state index in [-0.39, 0.29) is 11.6 Å². The highest BCUT2D eigenvalue weighted by molar-refractivity contribution is 7.79. The van der Waals surface area contributed by atoms with E-state index in [0.29, 0.717) is 11.6 Å². The van der Waals surface area contributed by atoms with Crippen LogP contribution in [0.25, 0.3) is 0 Å². The van der Waals surface area contributed by atoms with Gasteiger partial charge in [0, 0.05) is 0 Å². The molecule has 1 aliphatic rings. The number of aromatic nitrogens is 1. The molecule has 1 aromatic heterocycles. The quantitative estimate of drug-likeness (QED) is 0.836. The molecule has 0 bridgehead atoms. The van der Waals surface area contributed by atoms with E-state index in [1.54, 1.807) is 19.9 Å². The minimum absolute atomic E-state index is 0.101. The molecule has 1 aromatic rings. The van der Waals surface area contributed by atoms with Gasteiger partial charge in [-0.3, -0.25) is 4.21 Å². The van der Waals surface area contributed by atoms with Crippen molar-refractivity contribution < 1.29 is 18.7 Å². The van der Waals surface area contributed by atoms with E-state index >= 15 is 0 Å². The summed E-state index contributed by atoms with van der Waals surface area (Å²) in [5, 5.41) is 8.24. The van der Waals surface area contributed by atoms with Gasteiger partial charge in [-0.1, -0.05) is 19.9 Å². The van der Waals surface area contributed by atoms with E-state index in [4.69, 9.17) is 5.11 Å². The monoisotopic (exact) mass is 282 g/mol. The van der Waals surface area contributed by atoms with Crippen molar-refractivity contribution in [1.82, 2.24) is 4.98 Å². The zero-order valence-electron chi connectivity index (χ0n) is 10.8. The van der Waals surface area contributed by atoms with Gasteiger partial charge in [0.2, 0.25) is 0 Å². The molecule has 0 amide bonds. The topological polar surface area (TPSA) is 90.3 Å². The van der Waals surface area contributed by atoms with E-state index in [2.05, 4.69) is 4.98 Å². The minimum atomic E-state index is -2.31. The summed E-state index contributed by atoms with van der Waals surface area (Å²) < 4.78 is 22.9. The maximum Gasteiger partial charge on any atom is 0.354 e. The molecule has 1 saturated carbocycles. The summed E-state index contributed by atoms with van der Waals surface area (Å²) in [6, 6.07) is 3.16. The molecule has 0 aliphatic heterocycles. The molecule has 1 fully saturated rings. The molecule has 0 radical (unpaired) electrons. The Labute approximate surface area is 114 Å². The van der Waals surface area contributed by atoms with Gasteiger partial charge in [0.25, 0.3) is 0 Å². The Morgan fingerprint density at radius 3 is 2.53 bits per heavy atom. The van der Waals surface area contributed by atoms with Crippen LogP contribution in [0.3, 0.4) is 0 Å². The first kappa shape index (κ1) is 14.1. The molecular formula is C13H16NO4S-. The Kier molecular flexibility index (Phi) is 4.01. The first-order valence-electron chi connectivity index (χ1n) is 6.24. The zero-order valence-corrected chi connectivity index (χ0v) is 11.6. The van der Waals surface area contributed by atoms with E-state index in [1.165, 1.54) is 6.07 Å². The Balaban J connectivity index is 2.52. The molecule has 6 heteroatoms. The highest BCUT2D eigenvalue weighted by atomic mass is 32.2. The van der Waals surface area contributed by atoms with Crippen molar-refractivity contribution in [3.63, 3.8) is 0 Å². The Bertz CT molecular complexity index is 525. The van der Waals surface area contributed by atoms with Crippen molar-refractivity contribution in [1.29, 1.82) is 0 Å². The number of hydrogen-bond donors (Lipinski definition) is 1. The van der Waals surface area contributed by atoms with Gasteiger partial charge >= 0.3 is 5.97 Å². The second-order valence-electron chi connectivity index (χ2n) is 5.18. The fourth-order valence-corrected chi connectivity index (χ4v) is 3.02. The number of pyridine rings is 1. The smallest absolute Gasteiger partial charge is 0.354 e. The summed E-state index contributed by atoms with van der Waals surface area (Å²) >= 11 is -2.31. The van der Waals surface area contributed by atoms with Crippen molar-refractivity contribution >= 4 is 17.0 Å². The Hall–Kier alpha value is -1.27. The maximum atomic E-state index is 11.4. The van der Waals surface area contributed by atoms with Crippen LogP contribution in [-0.2, 0) is 11.1 Å². The van der Waals surface area contributed by atoms with Gasteiger partial charge in [0.1, 0.15) is 5.69 Å². The molecule has 0 aromatic carbocycles. The standard InChI is InChI=1S/C13H17NO4S/c1-7(2)12(19(17)18)11-9(8-3-4-8)5-6-10(14-11)13(15)16/h5-8,12H,3-4H2,1-2H3,(H,15,16)(H,17,18)/p-1. The number of carboxylic acid groups (broad SMARTS) is 1. The second kappa shape index (κ2) is 5.38. The van der Waals surface area contributed by atoms with Crippen LogP contribution in [0.15, 0.2) is 12.1 Å². The van der Waals surface area contributed by atoms with Crippen LogP contribution >= 0.6 is 0 Å². The lowest BCUT2D eigenvalue weighted by molar-refractivity contribution is 0.0690. The second-order valence-corrected chi connectivity index (χ2v) is 6.20. The van der Waals surface area contributed by atoms with E-state index in [1.807, 2.05) is 0 Å². The van der Waals surface area contributed by atoms with Gasteiger partial charge in [-0.25, -0.2) is 9.78 Å². The Morgan fingerprint density at radius 1 is 1.47 bits per heavy atom. The number of aromatic carboxylic acids is 1. The highest BCUT2D eigenvalue weighted by Gasteiger charge is 2.31. The third-order valence-corrected chi connectivity index (χ3v) is 4.46. The average Bonchev–Trinajstić information content (AvgIpc) is 3.11. The van der Waals surface area contributed by atoms with Crippen LogP contribution in [0.2, 0.25) is 0 Å². The molecule has 104 valence electrons. The predicted octanol–water partition coefficient (Wildman–Crippen LogP) is 2.23. The van der Waals surface area contributed by atoms with Gasteiger partial charge in [0.05, 0.1) is 10.9 Å². The van der Waals surface area contributed by atoms with Crippen molar-refractivity contribution in [3.05, 3.63) is 29.1 Å². The molecule has 19 heavy (non-hydrogen) atoms. The molecule has 0 spiro atoms. The summed E-state index contributed by atoms with van der Waals surface area (Å²) in [5.41, 5.74) is 1.19. The minimum Gasteiger partial charge on any atom is -0.772 e. The third kappa shape index (κ3) is 3.01. The van der Waals surface area contributed by atoms with Gasteiger partial charge in [-0.2, -0.15) is 0 Å². The van der Waals surface area contributed by atoms with Crippen molar-refractivity contribution in [2.45, 2.75) is 37.9 Å². The molecule has 0 saturated heterocycles. The van der Waals surface area contributed by atoms with Crippen molar-refractivity contribution in [2.75, 3.05) is 0 Å². The molecule has 1 heterocycles. The van der Waals surface area contributed by atoms with E-state index < -0.39 is 22.3 Å². The molecule has 2 unspecified atom stereocenters.